The van der Waals surface area contributed by atoms with E-state index in [-0.39, 0.29) is 17.2 Å². The molecule has 0 radical (unpaired) electrons. The van der Waals surface area contributed by atoms with Crippen LogP contribution in [0, 0.1) is 0 Å². The molecule has 0 aromatic carbocycles. The molecule has 0 saturated carbocycles. The predicted molar refractivity (Wildman–Crippen MR) is 87.8 cm³/mol. The maximum atomic E-state index is 12.6. The predicted octanol–water partition coefficient (Wildman–Crippen LogP) is 1.82. The third-order valence-electron chi connectivity index (χ3n) is 4.06. The summed E-state index contributed by atoms with van der Waals surface area (Å²) in [5.41, 5.74) is 2.78. The normalized spacial score (nSPS) is 13.8. The molecule has 0 fully saturated rings. The minimum Gasteiger partial charge on any atom is -0.511 e. The number of allylic oxidation sites excluding steroid dienone is 1. The molecule has 1 aliphatic rings. The quantitative estimate of drug-likeness (QED) is 0.767. The van der Waals surface area contributed by atoms with Crippen LogP contribution in [0.25, 0.3) is 16.6 Å². The molecule has 4 heterocycles. The van der Waals surface area contributed by atoms with Gasteiger partial charge < -0.3 is 15.0 Å². The van der Waals surface area contributed by atoms with E-state index in [2.05, 4.69) is 20.3 Å². The lowest BCUT2D eigenvalue weighted by molar-refractivity contribution is -0.115. The smallest absolute Gasteiger partial charge is 0.258 e. The van der Waals surface area contributed by atoms with E-state index in [1.807, 2.05) is 22.8 Å². The minimum absolute atomic E-state index is 0.0676. The molecule has 0 bridgehead atoms. The third-order valence-corrected chi connectivity index (χ3v) is 4.06. The zero-order chi connectivity index (χ0) is 16.5. The molecule has 0 saturated heterocycles. The number of pyridine rings is 2. The number of rotatable bonds is 3. The van der Waals surface area contributed by atoms with Gasteiger partial charge in [0, 0.05) is 38.1 Å². The number of hydrogen-bond donors (Lipinski definition) is 2. The highest BCUT2D eigenvalue weighted by Crippen LogP contribution is 2.29. The number of carbonyl (C=O) groups is 1. The van der Waals surface area contributed by atoms with Crippen LogP contribution < -0.4 is 5.32 Å². The molecule has 1 aliphatic heterocycles. The van der Waals surface area contributed by atoms with Gasteiger partial charge in [0.15, 0.2) is 0 Å². The number of nitrogens with zero attached hydrogens (tertiary/aromatic N) is 4. The first-order valence-corrected chi connectivity index (χ1v) is 7.64. The molecular weight excluding hydrogens is 306 g/mol. The van der Waals surface area contributed by atoms with Crippen molar-refractivity contribution < 1.29 is 9.90 Å². The van der Waals surface area contributed by atoms with Crippen LogP contribution in [0.1, 0.15) is 17.8 Å². The Hall–Kier alpha value is -3.22. The van der Waals surface area contributed by atoms with E-state index in [4.69, 9.17) is 0 Å². The zero-order valence-electron chi connectivity index (χ0n) is 12.8. The van der Waals surface area contributed by atoms with E-state index in [0.29, 0.717) is 30.9 Å². The molecular formula is C17H15N5O2. The first-order chi connectivity index (χ1) is 11.7. The van der Waals surface area contributed by atoms with Crippen molar-refractivity contribution in [1.29, 1.82) is 0 Å². The second-order valence-corrected chi connectivity index (χ2v) is 5.56. The van der Waals surface area contributed by atoms with Crippen LogP contribution >= 0.6 is 0 Å². The average Bonchev–Trinajstić information content (AvgIpc) is 2.99. The number of aryl methyl sites for hydroxylation is 1. The molecule has 120 valence electrons. The first kappa shape index (κ1) is 14.4. The topological polar surface area (TPSA) is 92.9 Å². The molecule has 1 amide bonds. The highest BCUT2D eigenvalue weighted by molar-refractivity contribution is 6.19. The lowest BCUT2D eigenvalue weighted by atomic mass is 10.1. The number of nitrogens with one attached hydrogen (secondary N) is 1. The van der Waals surface area contributed by atoms with Gasteiger partial charge in [-0.25, -0.2) is 4.98 Å². The van der Waals surface area contributed by atoms with Crippen molar-refractivity contribution in [3.8, 4) is 0 Å². The minimum atomic E-state index is -0.339. The van der Waals surface area contributed by atoms with E-state index >= 15 is 0 Å². The number of aromatic nitrogens is 4. The van der Waals surface area contributed by atoms with E-state index in [1.165, 1.54) is 0 Å². The van der Waals surface area contributed by atoms with Gasteiger partial charge in [-0.05, 0) is 23.8 Å². The van der Waals surface area contributed by atoms with Crippen LogP contribution in [0.4, 0.5) is 0 Å². The Kier molecular flexibility index (Phi) is 3.45. The zero-order valence-corrected chi connectivity index (χ0v) is 12.8. The van der Waals surface area contributed by atoms with Crippen LogP contribution in [-0.2, 0) is 17.9 Å². The van der Waals surface area contributed by atoms with Crippen molar-refractivity contribution in [3.05, 3.63) is 60.1 Å². The fourth-order valence-corrected chi connectivity index (χ4v) is 2.87. The molecule has 0 aliphatic carbocycles. The first-order valence-electron chi connectivity index (χ1n) is 7.64. The van der Waals surface area contributed by atoms with Crippen LogP contribution in [0.5, 0.6) is 0 Å². The standard InChI is InChI=1S/C17H15N5O2/c23-14-4-8-22-13-3-7-19-10-12(13)21-16(22)15(14)17(24)20-9-11-1-5-18-6-2-11/h1-3,5-7,10,23H,4,8-9H2,(H,20,24). The van der Waals surface area contributed by atoms with Crippen molar-refractivity contribution >= 4 is 22.5 Å². The van der Waals surface area contributed by atoms with Gasteiger partial charge in [-0.3, -0.25) is 14.8 Å². The van der Waals surface area contributed by atoms with E-state index in [0.717, 1.165) is 11.1 Å². The summed E-state index contributed by atoms with van der Waals surface area (Å²) in [7, 11) is 0. The summed E-state index contributed by atoms with van der Waals surface area (Å²) in [5.74, 6) is 0.209. The van der Waals surface area contributed by atoms with Crippen LogP contribution in [0.2, 0.25) is 0 Å². The van der Waals surface area contributed by atoms with Crippen molar-refractivity contribution in [2.45, 2.75) is 19.5 Å². The Labute approximate surface area is 137 Å². The van der Waals surface area contributed by atoms with Crippen LogP contribution in [0.15, 0.2) is 48.7 Å². The lowest BCUT2D eigenvalue weighted by Crippen LogP contribution is -2.28. The second-order valence-electron chi connectivity index (χ2n) is 5.56. The molecule has 0 spiro atoms. The highest BCUT2D eigenvalue weighted by Gasteiger charge is 2.27. The molecule has 24 heavy (non-hydrogen) atoms. The molecule has 0 unspecified atom stereocenters. The number of carbonyl (C=O) groups excluding carboxylic acids is 1. The van der Waals surface area contributed by atoms with Gasteiger partial charge in [-0.15, -0.1) is 0 Å². The lowest BCUT2D eigenvalue weighted by Gasteiger charge is -2.18. The molecule has 2 N–H and O–H groups in total. The SMILES string of the molecule is O=C(NCc1ccncc1)C1=C(O)CCn2c1nc1cnccc12. The fourth-order valence-electron chi connectivity index (χ4n) is 2.87. The van der Waals surface area contributed by atoms with Gasteiger partial charge in [0.25, 0.3) is 5.91 Å². The van der Waals surface area contributed by atoms with Gasteiger partial charge in [0.1, 0.15) is 22.7 Å². The monoisotopic (exact) mass is 321 g/mol. The number of imidazole rings is 1. The summed E-state index contributed by atoms with van der Waals surface area (Å²) in [6, 6.07) is 5.52. The van der Waals surface area contributed by atoms with Gasteiger partial charge in [0.05, 0.1) is 11.7 Å². The summed E-state index contributed by atoms with van der Waals surface area (Å²) in [4.78, 5) is 25.1. The average molecular weight is 321 g/mol. The van der Waals surface area contributed by atoms with E-state index in [1.54, 1.807) is 24.8 Å². The number of aliphatic hydroxyl groups is 1. The van der Waals surface area contributed by atoms with E-state index in [9.17, 15) is 9.90 Å². The Morgan fingerprint density at radius 2 is 2.00 bits per heavy atom. The van der Waals surface area contributed by atoms with E-state index < -0.39 is 0 Å². The summed E-state index contributed by atoms with van der Waals surface area (Å²) >= 11 is 0. The summed E-state index contributed by atoms with van der Waals surface area (Å²) in [6.45, 7) is 0.947. The van der Waals surface area contributed by atoms with Gasteiger partial charge in [-0.1, -0.05) is 0 Å². The third kappa shape index (κ3) is 2.40. The molecule has 7 heteroatoms. The van der Waals surface area contributed by atoms with Gasteiger partial charge in [-0.2, -0.15) is 0 Å². The Morgan fingerprint density at radius 1 is 1.21 bits per heavy atom. The molecule has 7 nitrogen and oxygen atoms in total. The number of amides is 1. The molecule has 0 atom stereocenters. The Morgan fingerprint density at radius 3 is 2.83 bits per heavy atom. The maximum Gasteiger partial charge on any atom is 0.258 e. The summed E-state index contributed by atoms with van der Waals surface area (Å²) in [6.07, 6.45) is 7.10. The van der Waals surface area contributed by atoms with Gasteiger partial charge >= 0.3 is 0 Å². The van der Waals surface area contributed by atoms with Crippen LogP contribution in [0.3, 0.4) is 0 Å². The highest BCUT2D eigenvalue weighted by atomic mass is 16.3. The Balaban J connectivity index is 1.66. The fraction of sp³-hybridized carbons (Fsp3) is 0.176. The van der Waals surface area contributed by atoms with Crippen molar-refractivity contribution in [1.82, 2.24) is 24.8 Å². The second kappa shape index (κ2) is 5.77. The van der Waals surface area contributed by atoms with Gasteiger partial charge in [0.2, 0.25) is 0 Å². The molecule has 4 rings (SSSR count). The maximum absolute atomic E-state index is 12.6. The van der Waals surface area contributed by atoms with Crippen molar-refractivity contribution in [2.24, 2.45) is 0 Å². The van der Waals surface area contributed by atoms with Crippen LogP contribution in [-0.4, -0.2) is 30.5 Å². The van der Waals surface area contributed by atoms with Crippen molar-refractivity contribution in [2.75, 3.05) is 0 Å². The summed E-state index contributed by atoms with van der Waals surface area (Å²) < 4.78 is 1.94. The number of hydrogen-bond acceptors (Lipinski definition) is 5. The van der Waals surface area contributed by atoms with Crippen molar-refractivity contribution in [3.63, 3.8) is 0 Å². The number of aliphatic hydroxyl groups excluding tert-OH is 1. The summed E-state index contributed by atoms with van der Waals surface area (Å²) in [5, 5.41) is 13.1. The largest absolute Gasteiger partial charge is 0.511 e. The molecule has 3 aromatic rings. The molecule has 3 aromatic heterocycles. The number of fused-ring (bicyclic) bond motifs is 3. The Bertz CT molecular complexity index is 946.